The zero-order chi connectivity index (χ0) is 24.7. The second kappa shape index (κ2) is 10.8. The summed E-state index contributed by atoms with van der Waals surface area (Å²) in [6.07, 6.45) is 0. The Morgan fingerprint density at radius 2 is 1.65 bits per heavy atom. The maximum atomic E-state index is 12.8. The Morgan fingerprint density at radius 3 is 2.35 bits per heavy atom. The van der Waals surface area contributed by atoms with Crippen LogP contribution in [0.25, 0.3) is 0 Å². The van der Waals surface area contributed by atoms with Gasteiger partial charge in [0.15, 0.2) is 0 Å². The number of hydrogen-bond acceptors (Lipinski definition) is 6. The van der Waals surface area contributed by atoms with Crippen molar-refractivity contribution in [3.05, 3.63) is 83.9 Å². The van der Waals surface area contributed by atoms with E-state index < -0.39 is 22.5 Å². The minimum atomic E-state index is -4.03. The largest absolute Gasteiger partial charge is 0.495 e. The van der Waals surface area contributed by atoms with Crippen molar-refractivity contribution in [1.82, 2.24) is 5.43 Å². The fraction of sp³-hybridized carbons (Fsp3) is 0.130. The summed E-state index contributed by atoms with van der Waals surface area (Å²) in [6.45, 7) is -1.51. The van der Waals surface area contributed by atoms with E-state index in [1.807, 2.05) is 0 Å². The summed E-state index contributed by atoms with van der Waals surface area (Å²) < 4.78 is 62.9. The van der Waals surface area contributed by atoms with E-state index in [2.05, 4.69) is 20.0 Å². The molecule has 0 aromatic heterocycles. The van der Waals surface area contributed by atoms with Gasteiger partial charge in [0.1, 0.15) is 11.5 Å². The molecule has 11 heteroatoms. The quantitative estimate of drug-likeness (QED) is 0.345. The van der Waals surface area contributed by atoms with Crippen LogP contribution in [-0.4, -0.2) is 33.8 Å². The Morgan fingerprint density at radius 1 is 0.971 bits per heavy atom. The fourth-order valence-corrected chi connectivity index (χ4v) is 4.08. The molecule has 0 spiro atoms. The Labute approximate surface area is 195 Å². The number of sulfonamides is 1. The number of hydrogen-bond donors (Lipinski definition) is 2. The molecular formula is C23H21F2N3O5S. The third-order valence-electron chi connectivity index (χ3n) is 4.58. The van der Waals surface area contributed by atoms with Gasteiger partial charge in [-0.15, -0.1) is 0 Å². The van der Waals surface area contributed by atoms with E-state index in [1.165, 1.54) is 56.5 Å². The first kappa shape index (κ1) is 24.6. The van der Waals surface area contributed by atoms with E-state index in [9.17, 15) is 22.0 Å². The molecule has 0 bridgehead atoms. The maximum absolute atomic E-state index is 12.8. The molecule has 3 aromatic rings. The highest BCUT2D eigenvalue weighted by atomic mass is 32.2. The average Bonchev–Trinajstić information content (AvgIpc) is 2.82. The van der Waals surface area contributed by atoms with Crippen LogP contribution >= 0.6 is 0 Å². The van der Waals surface area contributed by atoms with Crippen molar-refractivity contribution >= 4 is 27.3 Å². The topological polar surface area (TPSA) is 106 Å². The molecule has 8 nitrogen and oxygen atoms in total. The van der Waals surface area contributed by atoms with Gasteiger partial charge < -0.3 is 9.47 Å². The van der Waals surface area contributed by atoms with Gasteiger partial charge in [0.05, 0.1) is 23.4 Å². The van der Waals surface area contributed by atoms with Gasteiger partial charge in [-0.1, -0.05) is 30.3 Å². The molecule has 1 amide bonds. The molecule has 0 radical (unpaired) electrons. The lowest BCUT2D eigenvalue weighted by Crippen LogP contribution is -2.20. The van der Waals surface area contributed by atoms with Crippen LogP contribution in [-0.2, 0) is 10.0 Å². The lowest BCUT2D eigenvalue weighted by molar-refractivity contribution is -0.0499. The van der Waals surface area contributed by atoms with Gasteiger partial charge in [0.25, 0.3) is 15.9 Å². The average molecular weight is 490 g/mol. The van der Waals surface area contributed by atoms with E-state index in [0.717, 1.165) is 0 Å². The number of carbonyl (C=O) groups is 1. The van der Waals surface area contributed by atoms with Crippen molar-refractivity contribution in [2.24, 2.45) is 5.10 Å². The zero-order valence-electron chi connectivity index (χ0n) is 18.2. The molecule has 3 aromatic carbocycles. The van der Waals surface area contributed by atoms with Gasteiger partial charge in [-0.25, -0.2) is 13.8 Å². The number of benzene rings is 3. The van der Waals surface area contributed by atoms with Crippen LogP contribution in [0.15, 0.2) is 82.8 Å². The van der Waals surface area contributed by atoms with Crippen molar-refractivity contribution in [3.63, 3.8) is 0 Å². The van der Waals surface area contributed by atoms with Crippen LogP contribution in [0.1, 0.15) is 22.8 Å². The summed E-state index contributed by atoms with van der Waals surface area (Å²) in [7, 11) is -2.61. The minimum Gasteiger partial charge on any atom is -0.495 e. The number of halogens is 2. The number of methoxy groups -OCH3 is 1. The van der Waals surface area contributed by atoms with Crippen molar-refractivity contribution < 1.29 is 31.5 Å². The number of rotatable bonds is 9. The van der Waals surface area contributed by atoms with Gasteiger partial charge in [0.2, 0.25) is 0 Å². The number of amides is 1. The van der Waals surface area contributed by atoms with Crippen LogP contribution < -0.4 is 19.6 Å². The predicted octanol–water partition coefficient (Wildman–Crippen LogP) is 4.25. The first-order chi connectivity index (χ1) is 16.2. The highest BCUT2D eigenvalue weighted by Gasteiger charge is 2.18. The molecule has 0 aliphatic heterocycles. The second-order valence-electron chi connectivity index (χ2n) is 6.85. The van der Waals surface area contributed by atoms with Crippen molar-refractivity contribution in [3.8, 4) is 11.5 Å². The van der Waals surface area contributed by atoms with E-state index in [-0.39, 0.29) is 33.2 Å². The number of para-hydroxylation sites is 3. The van der Waals surface area contributed by atoms with E-state index in [4.69, 9.17) is 4.74 Å². The molecule has 178 valence electrons. The summed E-state index contributed by atoms with van der Waals surface area (Å²) in [5.74, 6) is -0.453. The molecule has 3 rings (SSSR count). The number of anilines is 1. The van der Waals surface area contributed by atoms with Crippen LogP contribution in [0.4, 0.5) is 14.5 Å². The molecule has 0 heterocycles. The molecule has 0 aliphatic rings. The van der Waals surface area contributed by atoms with E-state index in [1.54, 1.807) is 30.3 Å². The van der Waals surface area contributed by atoms with Gasteiger partial charge in [0, 0.05) is 11.1 Å². The third-order valence-corrected chi connectivity index (χ3v) is 5.94. The molecule has 0 atom stereocenters. The normalized spacial score (nSPS) is 11.7. The number of alkyl halides is 2. The molecule has 2 N–H and O–H groups in total. The van der Waals surface area contributed by atoms with E-state index >= 15 is 0 Å². The first-order valence-electron chi connectivity index (χ1n) is 9.86. The highest BCUT2D eigenvalue weighted by molar-refractivity contribution is 7.92. The number of nitrogens with one attached hydrogen (secondary N) is 2. The number of carbonyl (C=O) groups excluding carboxylic acids is 1. The summed E-state index contributed by atoms with van der Waals surface area (Å²) in [4.78, 5) is 12.4. The van der Waals surface area contributed by atoms with Gasteiger partial charge >= 0.3 is 6.61 Å². The number of ether oxygens (including phenoxy) is 2. The van der Waals surface area contributed by atoms with Gasteiger partial charge in [-0.05, 0) is 49.4 Å². The van der Waals surface area contributed by atoms with Crippen LogP contribution in [0.5, 0.6) is 11.5 Å². The van der Waals surface area contributed by atoms with Gasteiger partial charge in [-0.2, -0.15) is 13.9 Å². The van der Waals surface area contributed by atoms with Crippen LogP contribution in [0.2, 0.25) is 0 Å². The Balaban J connectivity index is 1.79. The third kappa shape index (κ3) is 6.07. The second-order valence-corrected chi connectivity index (χ2v) is 8.53. The fourth-order valence-electron chi connectivity index (χ4n) is 2.96. The number of nitrogens with zero attached hydrogens (tertiary/aromatic N) is 1. The SMILES string of the molecule is COc1ccccc1NS(=O)(=O)c1cccc(C(=O)N/N=C(/C)c2ccccc2OC(F)F)c1. The molecular weight excluding hydrogens is 468 g/mol. The molecule has 0 fully saturated rings. The van der Waals surface area contributed by atoms with Crippen molar-refractivity contribution in [1.29, 1.82) is 0 Å². The zero-order valence-corrected chi connectivity index (χ0v) is 19.0. The summed E-state index contributed by atoms with van der Waals surface area (Å²) in [5, 5.41) is 3.93. The minimum absolute atomic E-state index is 0.0246. The molecule has 0 saturated carbocycles. The molecule has 0 saturated heterocycles. The monoisotopic (exact) mass is 489 g/mol. The smallest absolute Gasteiger partial charge is 0.387 e. The maximum Gasteiger partial charge on any atom is 0.387 e. The van der Waals surface area contributed by atoms with Crippen molar-refractivity contribution in [2.75, 3.05) is 11.8 Å². The first-order valence-corrected chi connectivity index (χ1v) is 11.3. The highest BCUT2D eigenvalue weighted by Crippen LogP contribution is 2.26. The summed E-state index contributed by atoms with van der Waals surface area (Å²) in [6, 6.07) is 17.8. The van der Waals surface area contributed by atoms with E-state index in [0.29, 0.717) is 5.75 Å². The Bertz CT molecular complexity index is 1310. The lowest BCUT2D eigenvalue weighted by Gasteiger charge is -2.12. The van der Waals surface area contributed by atoms with Crippen LogP contribution in [0, 0.1) is 0 Å². The molecule has 0 aliphatic carbocycles. The number of hydrazone groups is 1. The molecule has 34 heavy (non-hydrogen) atoms. The van der Waals surface area contributed by atoms with Gasteiger partial charge in [-0.3, -0.25) is 9.52 Å². The molecule has 0 unspecified atom stereocenters. The van der Waals surface area contributed by atoms with Crippen LogP contribution in [0.3, 0.4) is 0 Å². The summed E-state index contributed by atoms with van der Waals surface area (Å²) in [5.41, 5.74) is 3.04. The standard InChI is InChI=1S/C23H21F2N3O5S/c1-15(18-10-3-5-12-20(18)33-23(24)25)26-27-22(29)16-8-7-9-17(14-16)34(30,31)28-19-11-4-6-13-21(19)32-2/h3-14,23,28H,1-2H3,(H,27,29)/b26-15-. The Hall–Kier alpha value is -3.99. The van der Waals surface area contributed by atoms with Crippen molar-refractivity contribution in [2.45, 2.75) is 18.4 Å². The Kier molecular flexibility index (Phi) is 7.79. The summed E-state index contributed by atoms with van der Waals surface area (Å²) >= 11 is 0. The lowest BCUT2D eigenvalue weighted by atomic mass is 10.1. The predicted molar refractivity (Wildman–Crippen MR) is 123 cm³/mol.